The number of benzene rings is 1. The molecule has 1 fully saturated rings. The molecule has 1 aliphatic rings. The first kappa shape index (κ1) is 11.0. The molecule has 0 spiro atoms. The van der Waals surface area contributed by atoms with Gasteiger partial charge in [-0.2, -0.15) is 0 Å². The van der Waals surface area contributed by atoms with Crippen molar-refractivity contribution in [3.05, 3.63) is 45.3 Å². The largest absolute Gasteiger partial charge is 0.298 e. The third kappa shape index (κ3) is 2.35. The minimum Gasteiger partial charge on any atom is -0.298 e. The third-order valence-electron chi connectivity index (χ3n) is 3.13. The lowest BCUT2D eigenvalue weighted by Gasteiger charge is -2.36. The van der Waals surface area contributed by atoms with Crippen LogP contribution in [0.15, 0.2) is 23.3 Å². The van der Waals surface area contributed by atoms with E-state index in [1.54, 1.807) is 0 Å². The van der Waals surface area contributed by atoms with Gasteiger partial charge in [0.15, 0.2) is 0 Å². The lowest BCUT2D eigenvalue weighted by Crippen LogP contribution is -2.48. The summed E-state index contributed by atoms with van der Waals surface area (Å²) in [6.45, 7) is 6.99. The number of hydrogen-bond donors (Lipinski definition) is 0. The highest BCUT2D eigenvalue weighted by atomic mass is 15.3. The molecule has 1 aromatic carbocycles. The summed E-state index contributed by atoms with van der Waals surface area (Å²) in [4.78, 5) is 5.12. The lowest BCUT2D eigenvalue weighted by molar-refractivity contribution is 0.142. The first-order chi connectivity index (χ1) is 7.69. The van der Waals surface area contributed by atoms with Crippen LogP contribution in [0.2, 0.25) is 0 Å². The zero-order valence-corrected chi connectivity index (χ0v) is 9.72. The molecule has 1 aliphatic heterocycles. The first-order valence-electron chi connectivity index (χ1n) is 5.51. The van der Waals surface area contributed by atoms with Gasteiger partial charge in [0, 0.05) is 24.5 Å². The monoisotopic (exact) mass is 216 g/mol. The zero-order chi connectivity index (χ0) is 11.5. The number of rotatable bonds is 3. The van der Waals surface area contributed by atoms with Gasteiger partial charge in [0.1, 0.15) is 0 Å². The van der Waals surface area contributed by atoms with Crippen LogP contribution in [0, 0.1) is 13.8 Å². The minimum atomic E-state index is 0.177. The summed E-state index contributed by atoms with van der Waals surface area (Å²) in [6, 6.07) is 6.74. The molecule has 4 nitrogen and oxygen atoms in total. The fourth-order valence-electron chi connectivity index (χ4n) is 1.98. The maximum Gasteiger partial charge on any atom is 0.0628 e. The quantitative estimate of drug-likeness (QED) is 0.435. The Balaban J connectivity index is 1.91. The van der Waals surface area contributed by atoms with Crippen molar-refractivity contribution in [2.24, 2.45) is 5.11 Å². The maximum atomic E-state index is 8.28. The fraction of sp³-hybridized carbons (Fsp3) is 0.500. The Morgan fingerprint density at radius 3 is 2.75 bits per heavy atom. The molecule has 1 saturated heterocycles. The molecular formula is C12H16N4. The Bertz CT molecular complexity index is 429. The Morgan fingerprint density at radius 2 is 2.12 bits per heavy atom. The van der Waals surface area contributed by atoms with Crippen molar-refractivity contribution >= 4 is 0 Å². The molecule has 1 heterocycles. The normalized spacial score (nSPS) is 16.6. The van der Waals surface area contributed by atoms with E-state index in [1.165, 1.54) is 16.7 Å². The van der Waals surface area contributed by atoms with Crippen molar-refractivity contribution in [3.8, 4) is 0 Å². The summed E-state index contributed by atoms with van der Waals surface area (Å²) in [7, 11) is 0. The van der Waals surface area contributed by atoms with Crippen LogP contribution in [0.25, 0.3) is 10.4 Å². The van der Waals surface area contributed by atoms with Crippen molar-refractivity contribution < 1.29 is 0 Å². The standard InChI is InChI=1S/C12H16N4/c1-9-3-4-11(5-10(9)2)6-16-7-12(8-16)14-15-13/h3-5,12H,6-8H2,1-2H3. The van der Waals surface area contributed by atoms with Gasteiger partial charge in [0.05, 0.1) is 6.04 Å². The average molecular weight is 216 g/mol. The van der Waals surface area contributed by atoms with E-state index in [9.17, 15) is 0 Å². The molecule has 16 heavy (non-hydrogen) atoms. The Hall–Kier alpha value is -1.51. The summed E-state index contributed by atoms with van der Waals surface area (Å²) in [5, 5.41) is 3.69. The van der Waals surface area contributed by atoms with Crippen LogP contribution in [0.4, 0.5) is 0 Å². The topological polar surface area (TPSA) is 52.0 Å². The van der Waals surface area contributed by atoms with Crippen LogP contribution >= 0.6 is 0 Å². The van der Waals surface area contributed by atoms with Crippen molar-refractivity contribution in [1.82, 2.24) is 4.90 Å². The van der Waals surface area contributed by atoms with Crippen molar-refractivity contribution in [2.45, 2.75) is 26.4 Å². The Labute approximate surface area is 95.5 Å². The second kappa shape index (κ2) is 4.56. The molecule has 0 bridgehead atoms. The van der Waals surface area contributed by atoms with Crippen molar-refractivity contribution in [3.63, 3.8) is 0 Å². The molecule has 4 heteroatoms. The van der Waals surface area contributed by atoms with Gasteiger partial charge in [0.25, 0.3) is 0 Å². The maximum absolute atomic E-state index is 8.28. The van der Waals surface area contributed by atoms with Crippen molar-refractivity contribution in [1.29, 1.82) is 0 Å². The van der Waals surface area contributed by atoms with Gasteiger partial charge in [-0.25, -0.2) is 0 Å². The summed E-state index contributed by atoms with van der Waals surface area (Å²) in [5.74, 6) is 0. The molecule has 0 amide bonds. The highest BCUT2D eigenvalue weighted by Crippen LogP contribution is 2.17. The first-order valence-corrected chi connectivity index (χ1v) is 5.51. The van der Waals surface area contributed by atoms with Gasteiger partial charge in [0.2, 0.25) is 0 Å². The Kier molecular flexibility index (Phi) is 3.13. The Morgan fingerprint density at radius 1 is 1.38 bits per heavy atom. The van der Waals surface area contributed by atoms with Crippen LogP contribution in [-0.2, 0) is 6.54 Å². The predicted molar refractivity (Wildman–Crippen MR) is 64.1 cm³/mol. The third-order valence-corrected chi connectivity index (χ3v) is 3.13. The molecule has 84 valence electrons. The van der Waals surface area contributed by atoms with E-state index in [4.69, 9.17) is 5.53 Å². The average Bonchev–Trinajstić information content (AvgIpc) is 2.20. The number of aryl methyl sites for hydroxylation is 2. The van der Waals surface area contributed by atoms with E-state index < -0.39 is 0 Å². The van der Waals surface area contributed by atoms with Gasteiger partial charge >= 0.3 is 0 Å². The van der Waals surface area contributed by atoms with Gasteiger partial charge in [-0.05, 0) is 36.1 Å². The number of nitrogens with zero attached hydrogens (tertiary/aromatic N) is 4. The van der Waals surface area contributed by atoms with Gasteiger partial charge in [-0.3, -0.25) is 4.90 Å². The van der Waals surface area contributed by atoms with E-state index in [2.05, 4.69) is 47.0 Å². The molecule has 0 radical (unpaired) electrons. The predicted octanol–water partition coefficient (Wildman–Crippen LogP) is 2.80. The second-order valence-electron chi connectivity index (χ2n) is 4.47. The van der Waals surface area contributed by atoms with E-state index in [1.807, 2.05) is 0 Å². The van der Waals surface area contributed by atoms with Gasteiger partial charge < -0.3 is 0 Å². The molecule has 0 aliphatic carbocycles. The van der Waals surface area contributed by atoms with Crippen molar-refractivity contribution in [2.75, 3.05) is 13.1 Å². The van der Waals surface area contributed by atoms with E-state index in [-0.39, 0.29) is 6.04 Å². The molecule has 0 unspecified atom stereocenters. The second-order valence-corrected chi connectivity index (χ2v) is 4.47. The lowest BCUT2D eigenvalue weighted by atomic mass is 10.0. The highest BCUT2D eigenvalue weighted by molar-refractivity contribution is 5.30. The molecule has 0 N–H and O–H groups in total. The fourth-order valence-corrected chi connectivity index (χ4v) is 1.98. The summed E-state index contributed by atoms with van der Waals surface area (Å²) in [5.41, 5.74) is 12.3. The van der Waals surface area contributed by atoms with Crippen LogP contribution in [0.5, 0.6) is 0 Å². The summed E-state index contributed by atoms with van der Waals surface area (Å²) >= 11 is 0. The van der Waals surface area contributed by atoms with Crippen LogP contribution in [0.1, 0.15) is 16.7 Å². The molecule has 0 saturated carbocycles. The zero-order valence-electron chi connectivity index (χ0n) is 9.72. The minimum absolute atomic E-state index is 0.177. The van der Waals surface area contributed by atoms with Gasteiger partial charge in [-0.1, -0.05) is 23.3 Å². The van der Waals surface area contributed by atoms with Crippen LogP contribution in [0.3, 0.4) is 0 Å². The number of hydrogen-bond acceptors (Lipinski definition) is 2. The number of likely N-dealkylation sites (tertiary alicyclic amines) is 1. The van der Waals surface area contributed by atoms with E-state index >= 15 is 0 Å². The van der Waals surface area contributed by atoms with Gasteiger partial charge in [-0.15, -0.1) is 0 Å². The molecule has 0 atom stereocenters. The molecule has 1 aromatic rings. The molecular weight excluding hydrogens is 200 g/mol. The number of azide groups is 1. The summed E-state index contributed by atoms with van der Waals surface area (Å²) in [6.07, 6.45) is 0. The SMILES string of the molecule is Cc1ccc(CN2CC(N=[N+]=[N-])C2)cc1C. The molecule has 0 aromatic heterocycles. The van der Waals surface area contributed by atoms with Crippen LogP contribution in [-0.4, -0.2) is 24.0 Å². The van der Waals surface area contributed by atoms with Crippen LogP contribution < -0.4 is 0 Å². The van der Waals surface area contributed by atoms with E-state index in [0.717, 1.165) is 19.6 Å². The van der Waals surface area contributed by atoms with E-state index in [0.29, 0.717) is 0 Å². The molecule has 2 rings (SSSR count). The summed E-state index contributed by atoms with van der Waals surface area (Å²) < 4.78 is 0. The highest BCUT2D eigenvalue weighted by Gasteiger charge is 2.25. The smallest absolute Gasteiger partial charge is 0.0628 e.